The van der Waals surface area contributed by atoms with Crippen LogP contribution in [0.2, 0.25) is 0 Å². The average Bonchev–Trinajstić information content (AvgIpc) is 3.55. The third-order valence-corrected chi connectivity index (χ3v) is 5.32. The Morgan fingerprint density at radius 1 is 1.10 bits per heavy atom. The molecular formula is C23H21N3O3. The minimum Gasteiger partial charge on any atom is -0.489 e. The van der Waals surface area contributed by atoms with E-state index in [0.717, 1.165) is 24.0 Å². The van der Waals surface area contributed by atoms with Gasteiger partial charge in [0.2, 0.25) is 5.91 Å². The Hall–Kier alpha value is -3.35. The van der Waals surface area contributed by atoms with E-state index in [1.807, 2.05) is 42.5 Å². The first-order valence-corrected chi connectivity index (χ1v) is 9.77. The molecule has 1 saturated carbocycles. The molecule has 2 atom stereocenters. The topological polar surface area (TPSA) is 95.1 Å². The molecule has 0 bridgehead atoms. The van der Waals surface area contributed by atoms with Crippen LogP contribution in [0.25, 0.3) is 11.1 Å². The van der Waals surface area contributed by atoms with Crippen LogP contribution in [0.15, 0.2) is 42.5 Å². The van der Waals surface area contributed by atoms with E-state index in [-0.39, 0.29) is 23.8 Å². The van der Waals surface area contributed by atoms with Gasteiger partial charge in [-0.05, 0) is 41.8 Å². The van der Waals surface area contributed by atoms with Crippen molar-refractivity contribution in [2.45, 2.75) is 25.4 Å². The normalized spacial score (nSPS) is 20.9. The number of rotatable bonds is 5. The lowest BCUT2D eigenvalue weighted by Crippen LogP contribution is -2.26. The number of carbonyl (C=O) groups is 1. The van der Waals surface area contributed by atoms with E-state index in [1.54, 1.807) is 0 Å². The number of amides is 1. The molecular weight excluding hydrogens is 366 g/mol. The van der Waals surface area contributed by atoms with E-state index in [4.69, 9.17) is 14.7 Å². The van der Waals surface area contributed by atoms with E-state index in [2.05, 4.69) is 17.5 Å². The predicted octanol–water partition coefficient (Wildman–Crippen LogP) is 3.88. The fraction of sp³-hybridized carbons (Fsp3) is 0.348. The van der Waals surface area contributed by atoms with Gasteiger partial charge in [0.1, 0.15) is 17.9 Å². The lowest BCUT2D eigenvalue weighted by atomic mass is 10.0. The Kier molecular flexibility index (Phi) is 5.46. The third kappa shape index (κ3) is 4.39. The number of carbonyl (C=O) groups excluding carboxylic acids is 1. The highest BCUT2D eigenvalue weighted by Gasteiger charge is 2.43. The summed E-state index contributed by atoms with van der Waals surface area (Å²) >= 11 is 0. The highest BCUT2D eigenvalue weighted by molar-refractivity contribution is 5.95. The summed E-state index contributed by atoms with van der Waals surface area (Å²) in [6.07, 6.45) is 2.34. The molecule has 1 saturated heterocycles. The standard InChI is InChI=1S/C23H21N3O3/c24-13-17-12-21(17)23(27)26-19-3-1-2-15(11-19)16-4-5-22(18(10-16)14-25)29-20-6-8-28-9-7-20/h1-5,10-11,17,20-21H,6-9,12H2,(H,26,27)/t17-,21+/m0/s1. The fourth-order valence-corrected chi connectivity index (χ4v) is 3.51. The first-order chi connectivity index (χ1) is 14.2. The monoisotopic (exact) mass is 387 g/mol. The molecule has 0 radical (unpaired) electrons. The first-order valence-electron chi connectivity index (χ1n) is 9.77. The molecule has 0 aromatic heterocycles. The number of nitrogens with one attached hydrogen (secondary N) is 1. The summed E-state index contributed by atoms with van der Waals surface area (Å²) in [5.74, 6) is 0.0885. The molecule has 2 aromatic rings. The summed E-state index contributed by atoms with van der Waals surface area (Å²) in [6.45, 7) is 1.36. The third-order valence-electron chi connectivity index (χ3n) is 5.32. The molecule has 1 heterocycles. The zero-order valence-electron chi connectivity index (χ0n) is 15.9. The Labute approximate surface area is 169 Å². The van der Waals surface area contributed by atoms with Crippen LogP contribution in [0, 0.1) is 34.5 Å². The highest BCUT2D eigenvalue weighted by atomic mass is 16.5. The Balaban J connectivity index is 1.50. The van der Waals surface area contributed by atoms with Gasteiger partial charge in [0, 0.05) is 18.5 Å². The molecule has 0 spiro atoms. The van der Waals surface area contributed by atoms with Crippen LogP contribution < -0.4 is 10.1 Å². The zero-order valence-corrected chi connectivity index (χ0v) is 15.9. The van der Waals surface area contributed by atoms with Gasteiger partial charge in [-0.15, -0.1) is 0 Å². The van der Waals surface area contributed by atoms with Gasteiger partial charge in [0.05, 0.1) is 36.7 Å². The number of ether oxygens (including phenoxy) is 2. The SMILES string of the molecule is N#Cc1cc(-c2cccc(NC(=O)[C@@H]3C[C@H]3C#N)c2)ccc1OC1CCOCC1. The molecule has 146 valence electrons. The van der Waals surface area contributed by atoms with Crippen molar-refractivity contribution in [1.29, 1.82) is 10.5 Å². The molecule has 1 aliphatic heterocycles. The maximum Gasteiger partial charge on any atom is 0.228 e. The van der Waals surface area contributed by atoms with E-state index >= 15 is 0 Å². The second kappa shape index (κ2) is 8.34. The number of nitriles is 2. The number of hydrogen-bond acceptors (Lipinski definition) is 5. The van der Waals surface area contributed by atoms with Crippen LogP contribution in [0.3, 0.4) is 0 Å². The molecule has 4 rings (SSSR count). The van der Waals surface area contributed by atoms with Crippen molar-refractivity contribution in [3.05, 3.63) is 48.0 Å². The summed E-state index contributed by atoms with van der Waals surface area (Å²) in [7, 11) is 0. The van der Waals surface area contributed by atoms with Crippen molar-refractivity contribution < 1.29 is 14.3 Å². The van der Waals surface area contributed by atoms with Crippen LogP contribution >= 0.6 is 0 Å². The number of hydrogen-bond donors (Lipinski definition) is 1. The Morgan fingerprint density at radius 2 is 1.90 bits per heavy atom. The lowest BCUT2D eigenvalue weighted by Gasteiger charge is -2.23. The van der Waals surface area contributed by atoms with Gasteiger partial charge < -0.3 is 14.8 Å². The maximum absolute atomic E-state index is 12.2. The number of nitrogens with zero attached hydrogens (tertiary/aromatic N) is 2. The van der Waals surface area contributed by atoms with Gasteiger partial charge in [-0.25, -0.2) is 0 Å². The van der Waals surface area contributed by atoms with Crippen LogP contribution in [0.5, 0.6) is 5.75 Å². The molecule has 6 nitrogen and oxygen atoms in total. The summed E-state index contributed by atoms with van der Waals surface area (Å²) in [5, 5.41) is 21.3. The second-order valence-electron chi connectivity index (χ2n) is 7.40. The number of benzene rings is 2. The van der Waals surface area contributed by atoms with Crippen LogP contribution in [0.1, 0.15) is 24.8 Å². The van der Waals surface area contributed by atoms with Crippen molar-refractivity contribution in [2.75, 3.05) is 18.5 Å². The molecule has 2 aliphatic rings. The quantitative estimate of drug-likeness (QED) is 0.840. The smallest absolute Gasteiger partial charge is 0.228 e. The van der Waals surface area contributed by atoms with E-state index in [1.165, 1.54) is 0 Å². The molecule has 2 aromatic carbocycles. The van der Waals surface area contributed by atoms with Gasteiger partial charge in [0.25, 0.3) is 0 Å². The molecule has 6 heteroatoms. The molecule has 1 N–H and O–H groups in total. The summed E-state index contributed by atoms with van der Waals surface area (Å²) in [5.41, 5.74) is 2.93. The first kappa shape index (κ1) is 19.0. The number of anilines is 1. The predicted molar refractivity (Wildman–Crippen MR) is 107 cm³/mol. The molecule has 1 amide bonds. The second-order valence-corrected chi connectivity index (χ2v) is 7.40. The summed E-state index contributed by atoms with van der Waals surface area (Å²) < 4.78 is 11.4. The Bertz CT molecular complexity index is 999. The Morgan fingerprint density at radius 3 is 2.62 bits per heavy atom. The van der Waals surface area contributed by atoms with Gasteiger partial charge in [-0.2, -0.15) is 10.5 Å². The van der Waals surface area contributed by atoms with Crippen molar-refractivity contribution in [2.24, 2.45) is 11.8 Å². The van der Waals surface area contributed by atoms with E-state index in [9.17, 15) is 10.1 Å². The van der Waals surface area contributed by atoms with Crippen molar-refractivity contribution >= 4 is 11.6 Å². The van der Waals surface area contributed by atoms with Crippen LogP contribution in [0.4, 0.5) is 5.69 Å². The van der Waals surface area contributed by atoms with Crippen molar-refractivity contribution in [3.8, 4) is 29.0 Å². The molecule has 0 unspecified atom stereocenters. The van der Waals surface area contributed by atoms with E-state index in [0.29, 0.717) is 36.6 Å². The zero-order chi connectivity index (χ0) is 20.2. The molecule has 1 aliphatic carbocycles. The van der Waals surface area contributed by atoms with Gasteiger partial charge in [-0.1, -0.05) is 18.2 Å². The summed E-state index contributed by atoms with van der Waals surface area (Å²) in [4.78, 5) is 12.2. The van der Waals surface area contributed by atoms with Gasteiger partial charge in [-0.3, -0.25) is 4.79 Å². The lowest BCUT2D eigenvalue weighted by molar-refractivity contribution is -0.117. The molecule has 2 fully saturated rings. The molecule has 29 heavy (non-hydrogen) atoms. The minimum absolute atomic E-state index is 0.0694. The highest BCUT2D eigenvalue weighted by Crippen LogP contribution is 2.38. The van der Waals surface area contributed by atoms with Crippen LogP contribution in [-0.4, -0.2) is 25.2 Å². The maximum atomic E-state index is 12.2. The summed E-state index contributed by atoms with van der Waals surface area (Å²) in [6, 6.07) is 17.4. The fourth-order valence-electron chi connectivity index (χ4n) is 3.51. The van der Waals surface area contributed by atoms with Crippen LogP contribution in [-0.2, 0) is 9.53 Å². The van der Waals surface area contributed by atoms with Gasteiger partial charge >= 0.3 is 0 Å². The van der Waals surface area contributed by atoms with Crippen molar-refractivity contribution in [3.63, 3.8) is 0 Å². The van der Waals surface area contributed by atoms with E-state index < -0.39 is 0 Å². The van der Waals surface area contributed by atoms with Gasteiger partial charge in [0.15, 0.2) is 0 Å². The van der Waals surface area contributed by atoms with Crippen molar-refractivity contribution in [1.82, 2.24) is 0 Å². The average molecular weight is 387 g/mol. The minimum atomic E-state index is -0.213. The largest absolute Gasteiger partial charge is 0.489 e.